The van der Waals surface area contributed by atoms with Crippen LogP contribution in [0.5, 0.6) is 0 Å². The molecule has 1 aliphatic heterocycles. The van der Waals surface area contributed by atoms with Gasteiger partial charge < -0.3 is 20.4 Å². The van der Waals surface area contributed by atoms with Crippen LogP contribution in [-0.2, 0) is 22.5 Å². The van der Waals surface area contributed by atoms with Gasteiger partial charge in [0.2, 0.25) is 5.91 Å². The number of carbonyl (C=O) groups excluding carboxylic acids is 1. The van der Waals surface area contributed by atoms with Crippen LogP contribution in [0.3, 0.4) is 0 Å². The molecule has 7 nitrogen and oxygen atoms in total. The molecule has 0 bridgehead atoms. The Bertz CT molecular complexity index is 778. The number of halogens is 2. The summed E-state index contributed by atoms with van der Waals surface area (Å²) < 4.78 is 7.39. The van der Waals surface area contributed by atoms with Gasteiger partial charge in [0.25, 0.3) is 0 Å². The number of anilines is 1. The molecule has 3 rings (SSSR count). The van der Waals surface area contributed by atoms with Crippen molar-refractivity contribution in [2.45, 2.75) is 51.7 Å². The van der Waals surface area contributed by atoms with Gasteiger partial charge in [-0.15, -0.1) is 35.0 Å². The molecule has 28 heavy (non-hydrogen) atoms. The van der Waals surface area contributed by atoms with Gasteiger partial charge in [-0.3, -0.25) is 4.79 Å². The van der Waals surface area contributed by atoms with E-state index in [0.717, 1.165) is 54.3 Å². The lowest BCUT2D eigenvalue weighted by molar-refractivity contribution is -0.118. The molecule has 1 aliphatic rings. The molecule has 0 radical (unpaired) electrons. The molecule has 0 spiro atoms. The molecule has 1 amide bonds. The molecule has 0 saturated carbocycles. The minimum Gasteiger partial charge on any atom is -0.380 e. The van der Waals surface area contributed by atoms with Crippen LogP contribution >= 0.6 is 24.8 Å². The predicted molar refractivity (Wildman–Crippen MR) is 115 cm³/mol. The van der Waals surface area contributed by atoms with E-state index in [0.29, 0.717) is 6.54 Å². The second kappa shape index (κ2) is 11.4. The van der Waals surface area contributed by atoms with Crippen molar-refractivity contribution in [2.24, 2.45) is 5.73 Å². The second-order valence-corrected chi connectivity index (χ2v) is 6.78. The van der Waals surface area contributed by atoms with E-state index in [4.69, 9.17) is 10.5 Å². The molecule has 0 fully saturated rings. The maximum Gasteiger partial charge on any atom is 0.227 e. The number of methoxy groups -OCH3 is 1. The number of carbonyl (C=O) groups is 1. The number of rotatable bonds is 6. The smallest absolute Gasteiger partial charge is 0.227 e. The van der Waals surface area contributed by atoms with E-state index in [-0.39, 0.29) is 43.2 Å². The Morgan fingerprint density at radius 1 is 1.29 bits per heavy atom. The Morgan fingerprint density at radius 3 is 2.79 bits per heavy atom. The van der Waals surface area contributed by atoms with Crippen LogP contribution in [0.1, 0.15) is 37.1 Å². The Kier molecular flexibility index (Phi) is 9.89. The van der Waals surface area contributed by atoms with Crippen molar-refractivity contribution in [1.29, 1.82) is 0 Å². The molecular formula is C19H29Cl2N5O2. The molecule has 3 N–H and O–H groups in total. The van der Waals surface area contributed by atoms with Crippen LogP contribution in [0.4, 0.5) is 5.69 Å². The summed E-state index contributed by atoms with van der Waals surface area (Å²) in [5, 5.41) is 11.7. The minimum atomic E-state index is -0.272. The molecule has 0 aliphatic carbocycles. The molecule has 156 valence electrons. The van der Waals surface area contributed by atoms with Crippen LogP contribution < -0.4 is 11.1 Å². The summed E-state index contributed by atoms with van der Waals surface area (Å²) in [6, 6.07) is 6.00. The van der Waals surface area contributed by atoms with Crippen molar-refractivity contribution < 1.29 is 9.53 Å². The SMILES string of the molecule is COC(CN)CC(=O)Nc1cc(-c2nnc3n2CCCCC3)ccc1C.Cl.Cl. The number of amides is 1. The fraction of sp³-hybridized carbons (Fsp3) is 0.526. The van der Waals surface area contributed by atoms with E-state index in [2.05, 4.69) is 20.1 Å². The van der Waals surface area contributed by atoms with E-state index >= 15 is 0 Å². The van der Waals surface area contributed by atoms with Gasteiger partial charge in [0.05, 0.1) is 12.5 Å². The number of hydrogen-bond donors (Lipinski definition) is 2. The quantitative estimate of drug-likeness (QED) is 0.734. The highest BCUT2D eigenvalue weighted by Gasteiger charge is 2.17. The summed E-state index contributed by atoms with van der Waals surface area (Å²) in [5.74, 6) is 1.81. The zero-order valence-corrected chi connectivity index (χ0v) is 17.9. The summed E-state index contributed by atoms with van der Waals surface area (Å²) in [5.41, 5.74) is 8.35. The zero-order valence-electron chi connectivity index (χ0n) is 16.3. The van der Waals surface area contributed by atoms with Gasteiger partial charge in [-0.25, -0.2) is 0 Å². The molecule has 9 heteroatoms. The van der Waals surface area contributed by atoms with Gasteiger partial charge in [0.1, 0.15) is 5.82 Å². The van der Waals surface area contributed by atoms with E-state index in [9.17, 15) is 4.79 Å². The van der Waals surface area contributed by atoms with Gasteiger partial charge in [-0.05, 0) is 31.4 Å². The summed E-state index contributed by atoms with van der Waals surface area (Å²) in [4.78, 5) is 12.3. The molecule has 1 aromatic heterocycles. The minimum absolute atomic E-state index is 0. The van der Waals surface area contributed by atoms with E-state index in [1.807, 2.05) is 25.1 Å². The first-order chi connectivity index (χ1) is 12.6. The topological polar surface area (TPSA) is 95.1 Å². The fourth-order valence-electron chi connectivity index (χ4n) is 3.27. The Hall–Kier alpha value is -1.67. The van der Waals surface area contributed by atoms with Crippen molar-refractivity contribution in [3.8, 4) is 11.4 Å². The van der Waals surface area contributed by atoms with Gasteiger partial charge in [-0.2, -0.15) is 0 Å². The van der Waals surface area contributed by atoms with Gasteiger partial charge in [-0.1, -0.05) is 18.6 Å². The first-order valence-electron chi connectivity index (χ1n) is 9.18. The predicted octanol–water partition coefficient (Wildman–Crippen LogP) is 3.13. The third-order valence-corrected chi connectivity index (χ3v) is 4.89. The highest BCUT2D eigenvalue weighted by Crippen LogP contribution is 2.27. The highest BCUT2D eigenvalue weighted by atomic mass is 35.5. The molecule has 1 unspecified atom stereocenters. The first kappa shape index (κ1) is 24.4. The van der Waals surface area contributed by atoms with Gasteiger partial charge in [0, 0.05) is 37.9 Å². The van der Waals surface area contributed by atoms with Crippen molar-refractivity contribution in [3.63, 3.8) is 0 Å². The number of nitrogens with zero attached hydrogens (tertiary/aromatic N) is 3. The highest BCUT2D eigenvalue weighted by molar-refractivity contribution is 5.92. The normalized spacial score (nSPS) is 14.1. The average Bonchev–Trinajstić information content (AvgIpc) is 2.90. The van der Waals surface area contributed by atoms with E-state index in [1.165, 1.54) is 6.42 Å². The lowest BCUT2D eigenvalue weighted by atomic mass is 10.1. The van der Waals surface area contributed by atoms with Crippen molar-refractivity contribution in [1.82, 2.24) is 14.8 Å². The van der Waals surface area contributed by atoms with E-state index in [1.54, 1.807) is 7.11 Å². The zero-order chi connectivity index (χ0) is 18.5. The number of nitrogens with two attached hydrogens (primary N) is 1. The Labute approximate surface area is 178 Å². The third kappa shape index (κ3) is 5.67. The maximum atomic E-state index is 12.3. The first-order valence-corrected chi connectivity index (χ1v) is 9.18. The number of hydrogen-bond acceptors (Lipinski definition) is 5. The van der Waals surface area contributed by atoms with Crippen LogP contribution in [0.2, 0.25) is 0 Å². The maximum absolute atomic E-state index is 12.3. The molecular weight excluding hydrogens is 401 g/mol. The largest absolute Gasteiger partial charge is 0.380 e. The van der Waals surface area contributed by atoms with Crippen LogP contribution in [0.15, 0.2) is 18.2 Å². The Morgan fingerprint density at radius 2 is 2.07 bits per heavy atom. The van der Waals surface area contributed by atoms with Gasteiger partial charge in [0.15, 0.2) is 5.82 Å². The Balaban J connectivity index is 0.00000196. The molecule has 2 aromatic rings. The lowest BCUT2D eigenvalue weighted by Gasteiger charge is -2.15. The van der Waals surface area contributed by atoms with Gasteiger partial charge >= 0.3 is 0 Å². The number of benzene rings is 1. The standard InChI is InChI=1S/C19H27N5O2.2ClH/c1-13-7-8-14(10-16(13)21-18(25)11-15(12-20)26-2)19-23-22-17-6-4-3-5-9-24(17)19;;/h7-8,10,15H,3-6,9,11-12,20H2,1-2H3,(H,21,25);2*1H. The molecule has 1 atom stereocenters. The summed E-state index contributed by atoms with van der Waals surface area (Å²) in [7, 11) is 1.56. The summed E-state index contributed by atoms with van der Waals surface area (Å²) in [6.45, 7) is 3.23. The van der Waals surface area contributed by atoms with Crippen LogP contribution in [0, 0.1) is 6.92 Å². The number of aryl methyl sites for hydroxylation is 2. The third-order valence-electron chi connectivity index (χ3n) is 4.89. The van der Waals surface area contributed by atoms with Crippen LogP contribution in [-0.4, -0.2) is 40.4 Å². The van der Waals surface area contributed by atoms with E-state index < -0.39 is 0 Å². The van der Waals surface area contributed by atoms with Crippen molar-refractivity contribution in [2.75, 3.05) is 19.0 Å². The second-order valence-electron chi connectivity index (χ2n) is 6.78. The number of nitrogens with one attached hydrogen (secondary N) is 1. The molecule has 1 aromatic carbocycles. The van der Waals surface area contributed by atoms with Crippen LogP contribution in [0.25, 0.3) is 11.4 Å². The van der Waals surface area contributed by atoms with Crippen molar-refractivity contribution >= 4 is 36.4 Å². The summed E-state index contributed by atoms with van der Waals surface area (Å²) in [6.07, 6.45) is 4.46. The number of fused-ring (bicyclic) bond motifs is 1. The number of ether oxygens (including phenoxy) is 1. The average molecular weight is 430 g/mol. The fourth-order valence-corrected chi connectivity index (χ4v) is 3.27. The monoisotopic (exact) mass is 429 g/mol. The van der Waals surface area contributed by atoms with Crippen molar-refractivity contribution in [3.05, 3.63) is 29.6 Å². The molecule has 0 saturated heterocycles. The number of aromatic nitrogens is 3. The molecule has 2 heterocycles. The summed E-state index contributed by atoms with van der Waals surface area (Å²) >= 11 is 0. The lowest BCUT2D eigenvalue weighted by Crippen LogP contribution is -2.28.